The van der Waals surface area contributed by atoms with Crippen LogP contribution in [0, 0.1) is 32.8 Å². The van der Waals surface area contributed by atoms with Gasteiger partial charge in [0.2, 0.25) is 0 Å². The molecule has 7 heteroatoms. The molecule has 0 spiro atoms. The minimum atomic E-state index is -3.00. The fourth-order valence-corrected chi connectivity index (χ4v) is 9.14. The van der Waals surface area contributed by atoms with Crippen molar-refractivity contribution < 1.29 is 32.4 Å². The second-order valence-corrected chi connectivity index (χ2v) is 15.9. The summed E-state index contributed by atoms with van der Waals surface area (Å²) in [5.41, 5.74) is 5.40. The molecule has 0 amide bonds. The minimum absolute atomic E-state index is 0. The van der Waals surface area contributed by atoms with Crippen LogP contribution in [-0.2, 0) is 30.9 Å². The van der Waals surface area contributed by atoms with E-state index in [4.69, 9.17) is 22.3 Å². The van der Waals surface area contributed by atoms with Crippen molar-refractivity contribution in [2.75, 3.05) is 9.62 Å². The van der Waals surface area contributed by atoms with Crippen LogP contribution in [0.2, 0.25) is 0 Å². The number of anilines is 4. The summed E-state index contributed by atoms with van der Waals surface area (Å²) in [6, 6.07) is 53.2. The van der Waals surface area contributed by atoms with Gasteiger partial charge in [0.1, 0.15) is 5.82 Å². The zero-order chi connectivity index (χ0) is 48.1. The van der Waals surface area contributed by atoms with Gasteiger partial charge in [-0.3, -0.25) is 4.98 Å². The first-order valence-electron chi connectivity index (χ1n) is 24.3. The first-order chi connectivity index (χ1) is 32.3. The number of fused-ring (bicyclic) bond motifs is 4. The number of pyridine rings is 2. The van der Waals surface area contributed by atoms with Gasteiger partial charge in [0.05, 0.1) is 17.0 Å². The SMILES string of the molecule is Cc1cccc(C)c1B1N(c2ccccc2)c2cccnc2N1c1[c-]cccc1.[2H]C([2H])([2H])c1ccc2c3c1c1ccc[c-]c1c1nc(-c4ccccc4)c(n13)C(C([2H])([2H])[2H])(C([2H])([2H])[2H])C2(C)C.[Ir]. The maximum absolute atomic E-state index is 8.82. The molecule has 5 nitrogen and oxygen atoms in total. The van der Waals surface area contributed by atoms with Crippen LogP contribution in [0.4, 0.5) is 22.9 Å². The predicted octanol–water partition coefficient (Wildman–Crippen LogP) is 12.2. The number of aromatic nitrogens is 3. The van der Waals surface area contributed by atoms with E-state index in [1.54, 1.807) is 66.8 Å². The summed E-state index contributed by atoms with van der Waals surface area (Å²) in [5, 5.41) is 1.51. The average molecular weight is 965 g/mol. The van der Waals surface area contributed by atoms with E-state index in [-0.39, 0.29) is 44.0 Å². The molecule has 0 unspecified atom stereocenters. The van der Waals surface area contributed by atoms with Crippen molar-refractivity contribution >= 4 is 62.6 Å². The van der Waals surface area contributed by atoms with E-state index in [0.29, 0.717) is 38.4 Å². The molecule has 0 saturated heterocycles. The fourth-order valence-electron chi connectivity index (χ4n) is 9.14. The molecule has 2 aliphatic rings. The molecule has 60 heavy (non-hydrogen) atoms. The van der Waals surface area contributed by atoms with Crippen LogP contribution in [-0.4, -0.2) is 21.4 Å². The molecular formula is C53H46BIrN5-2. The van der Waals surface area contributed by atoms with Gasteiger partial charge in [0.25, 0.3) is 0 Å². The summed E-state index contributed by atoms with van der Waals surface area (Å²) in [6.45, 7) is -0.870. The maximum atomic E-state index is 8.82. The predicted molar refractivity (Wildman–Crippen MR) is 247 cm³/mol. The molecule has 0 bridgehead atoms. The monoisotopic (exact) mass is 965 g/mol. The Morgan fingerprint density at radius 3 is 2.13 bits per heavy atom. The zero-order valence-electron chi connectivity index (χ0n) is 42.6. The Morgan fingerprint density at radius 2 is 1.42 bits per heavy atom. The Morgan fingerprint density at radius 1 is 0.683 bits per heavy atom. The Bertz CT molecular complexity index is 3290. The van der Waals surface area contributed by atoms with Gasteiger partial charge in [-0.15, -0.1) is 35.7 Å². The largest absolute Gasteiger partial charge is 0.420 e. The van der Waals surface area contributed by atoms with Crippen molar-refractivity contribution in [3.8, 4) is 11.3 Å². The van der Waals surface area contributed by atoms with Crippen LogP contribution in [0.15, 0.2) is 152 Å². The maximum Gasteiger partial charge on any atom is 0.420 e. The number of hydrogen-bond donors (Lipinski definition) is 0. The number of rotatable bonds is 4. The summed E-state index contributed by atoms with van der Waals surface area (Å²) in [4.78, 5) is 14.4. The Kier molecular flexibility index (Phi) is 7.48. The summed E-state index contributed by atoms with van der Waals surface area (Å²) in [6.07, 6.45) is 1.87. The van der Waals surface area contributed by atoms with Crippen molar-refractivity contribution in [3.63, 3.8) is 0 Å². The van der Waals surface area contributed by atoms with Crippen LogP contribution in [0.5, 0.6) is 0 Å². The Hall–Kier alpha value is -6.01. The second-order valence-electron chi connectivity index (χ2n) is 15.9. The molecule has 297 valence electrons. The second kappa shape index (κ2) is 14.9. The van der Waals surface area contributed by atoms with Gasteiger partial charge in [-0.05, 0) is 61.4 Å². The fraction of sp³-hybridized carbons (Fsp3) is 0.170. The molecule has 0 atom stereocenters. The van der Waals surface area contributed by atoms with E-state index in [1.807, 2.05) is 30.5 Å². The number of imidazole rings is 1. The van der Waals surface area contributed by atoms with E-state index in [9.17, 15) is 0 Å². The standard InChI is InChI=1S/C28H25N2.C25H21BN3.Ir/c1-17-15-16-21-24-22(17)19-13-9-10-14-20(19)26-29-23(18-11-7-6-8-12-18)25(30(24)26)28(4,5)27(21,2)3;1-19-11-9-12-20(2)24(19)26-28(21-13-5-3-6-14-21)23-17-10-18-27-25(23)29(26)22-15-7-4-8-16-22;/h6-13,15-16H,1-5H3;3-15,17-18H,1-2H3;/q2*-1;/i1D3,4D3,5D3;;. The van der Waals surface area contributed by atoms with Gasteiger partial charge in [0.15, 0.2) is 0 Å². The molecule has 3 aromatic heterocycles. The quantitative estimate of drug-likeness (QED) is 0.100. The van der Waals surface area contributed by atoms with Crippen molar-refractivity contribution in [2.24, 2.45) is 0 Å². The van der Waals surface area contributed by atoms with Crippen LogP contribution in [0.1, 0.15) is 67.8 Å². The van der Waals surface area contributed by atoms with Crippen molar-refractivity contribution in [1.82, 2.24) is 14.4 Å². The van der Waals surface area contributed by atoms with Gasteiger partial charge in [-0.25, -0.2) is 4.98 Å². The van der Waals surface area contributed by atoms with Gasteiger partial charge in [-0.2, -0.15) is 24.3 Å². The molecule has 0 N–H and O–H groups in total. The number of hydrogen-bond acceptors (Lipinski definition) is 4. The molecule has 0 saturated carbocycles. The van der Waals surface area contributed by atoms with Gasteiger partial charge >= 0.3 is 6.98 Å². The topological polar surface area (TPSA) is 36.7 Å². The third kappa shape index (κ3) is 5.85. The third-order valence-corrected chi connectivity index (χ3v) is 12.2. The number of benzene rings is 6. The van der Waals surface area contributed by atoms with Crippen molar-refractivity contribution in [2.45, 2.75) is 59.1 Å². The zero-order valence-corrected chi connectivity index (χ0v) is 36.0. The molecular weight excluding hydrogens is 910 g/mol. The summed E-state index contributed by atoms with van der Waals surface area (Å²) < 4.78 is 79.5. The van der Waals surface area contributed by atoms with Gasteiger partial charge in [0, 0.05) is 71.9 Å². The van der Waals surface area contributed by atoms with E-state index in [0.717, 1.165) is 22.9 Å². The minimum Gasteiger partial charge on any atom is -0.367 e. The summed E-state index contributed by atoms with van der Waals surface area (Å²) in [7, 11) is 0. The van der Waals surface area contributed by atoms with E-state index >= 15 is 0 Å². The Labute approximate surface area is 379 Å². The van der Waals surface area contributed by atoms with Crippen LogP contribution >= 0.6 is 0 Å². The Balaban J connectivity index is 0.000000176. The van der Waals surface area contributed by atoms with E-state index in [1.165, 1.54) is 22.7 Å². The normalized spacial score (nSPS) is 17.5. The molecule has 0 aliphatic carbocycles. The molecule has 2 aliphatic heterocycles. The molecule has 5 heterocycles. The number of nitrogens with zero attached hydrogens (tertiary/aromatic N) is 5. The van der Waals surface area contributed by atoms with Crippen LogP contribution in [0.3, 0.4) is 0 Å². The average Bonchev–Trinajstić information content (AvgIpc) is 3.86. The molecule has 0 fully saturated rings. The molecule has 1 radical (unpaired) electrons. The molecule has 11 rings (SSSR count). The van der Waals surface area contributed by atoms with Crippen molar-refractivity contribution in [3.05, 3.63) is 192 Å². The molecule has 9 aromatic rings. The van der Waals surface area contributed by atoms with E-state index < -0.39 is 31.4 Å². The first kappa shape index (κ1) is 30.1. The molecule has 6 aromatic carbocycles. The van der Waals surface area contributed by atoms with Crippen LogP contribution in [0.25, 0.3) is 38.6 Å². The third-order valence-electron chi connectivity index (χ3n) is 12.2. The first-order valence-corrected chi connectivity index (χ1v) is 19.8. The number of aryl methyl sites for hydroxylation is 3. The van der Waals surface area contributed by atoms with Crippen molar-refractivity contribution in [1.29, 1.82) is 0 Å². The van der Waals surface area contributed by atoms with Crippen LogP contribution < -0.4 is 15.1 Å². The van der Waals surface area contributed by atoms with Gasteiger partial charge < -0.3 is 14.0 Å². The van der Waals surface area contributed by atoms with E-state index in [2.05, 4.69) is 102 Å². The summed E-state index contributed by atoms with van der Waals surface area (Å²) >= 11 is 0. The van der Waals surface area contributed by atoms with Gasteiger partial charge in [-0.1, -0.05) is 134 Å². The summed E-state index contributed by atoms with van der Waals surface area (Å²) in [5.74, 6) is 0.950. The number of para-hydroxylation sites is 2. The smallest absolute Gasteiger partial charge is 0.367 e.